The highest BCUT2D eigenvalue weighted by molar-refractivity contribution is 8.00. The van der Waals surface area contributed by atoms with Gasteiger partial charge in [0.05, 0.1) is 17.3 Å². The number of aliphatic hydroxyl groups excluding tert-OH is 1. The van der Waals surface area contributed by atoms with E-state index in [-0.39, 0.29) is 11.4 Å². The van der Waals surface area contributed by atoms with Gasteiger partial charge in [0, 0.05) is 29.2 Å². The molecule has 1 saturated heterocycles. The van der Waals surface area contributed by atoms with Crippen molar-refractivity contribution in [3.63, 3.8) is 0 Å². The molecular weight excluding hydrogens is 254 g/mol. The molecule has 0 aliphatic carbocycles. The first-order chi connectivity index (χ1) is 8.03. The second-order valence-corrected chi connectivity index (χ2v) is 7.14. The Morgan fingerprint density at radius 1 is 1.47 bits per heavy atom. The molecule has 0 atom stereocenters. The standard InChI is InChI=1S/C13H18ClNOS/c1-13(2)9-15(6-7-17-13)12-10(8-16)4-3-5-11(12)14/h3-5,16H,6-9H2,1-2H3. The van der Waals surface area contributed by atoms with Crippen LogP contribution in [0.3, 0.4) is 0 Å². The zero-order valence-corrected chi connectivity index (χ0v) is 11.8. The van der Waals surface area contributed by atoms with Crippen molar-refractivity contribution in [2.24, 2.45) is 0 Å². The number of nitrogens with zero attached hydrogens (tertiary/aromatic N) is 1. The fraction of sp³-hybridized carbons (Fsp3) is 0.538. The maximum Gasteiger partial charge on any atom is 0.0702 e. The lowest BCUT2D eigenvalue weighted by atomic mass is 10.1. The zero-order valence-electron chi connectivity index (χ0n) is 10.2. The van der Waals surface area contributed by atoms with Crippen molar-refractivity contribution in [2.75, 3.05) is 23.7 Å². The van der Waals surface area contributed by atoms with Crippen LogP contribution in [-0.2, 0) is 6.61 Å². The third-order valence-corrected chi connectivity index (χ3v) is 4.58. The number of thioether (sulfide) groups is 1. The Morgan fingerprint density at radius 2 is 2.24 bits per heavy atom. The van der Waals surface area contributed by atoms with E-state index in [4.69, 9.17) is 11.6 Å². The number of anilines is 1. The Kier molecular flexibility index (Phi) is 3.91. The zero-order chi connectivity index (χ0) is 12.5. The van der Waals surface area contributed by atoms with Gasteiger partial charge in [-0.05, 0) is 19.9 Å². The average Bonchev–Trinajstić information content (AvgIpc) is 2.27. The van der Waals surface area contributed by atoms with Crippen molar-refractivity contribution in [2.45, 2.75) is 25.2 Å². The van der Waals surface area contributed by atoms with Crippen LogP contribution in [0.1, 0.15) is 19.4 Å². The molecular formula is C13H18ClNOS. The van der Waals surface area contributed by atoms with Crippen molar-refractivity contribution in [1.29, 1.82) is 0 Å². The maximum absolute atomic E-state index is 9.41. The molecule has 1 aliphatic rings. The SMILES string of the molecule is CC1(C)CN(c2c(Cl)cccc2CO)CCS1. The molecule has 0 spiro atoms. The molecule has 1 aromatic rings. The van der Waals surface area contributed by atoms with E-state index in [1.54, 1.807) is 0 Å². The largest absolute Gasteiger partial charge is 0.392 e. The lowest BCUT2D eigenvalue weighted by Gasteiger charge is -2.40. The summed E-state index contributed by atoms with van der Waals surface area (Å²) in [5.41, 5.74) is 1.92. The van der Waals surface area contributed by atoms with Gasteiger partial charge in [-0.3, -0.25) is 0 Å². The van der Waals surface area contributed by atoms with Crippen LogP contribution in [0.2, 0.25) is 5.02 Å². The molecule has 4 heteroatoms. The number of hydrogen-bond acceptors (Lipinski definition) is 3. The van der Waals surface area contributed by atoms with E-state index in [2.05, 4.69) is 18.7 Å². The first-order valence-electron chi connectivity index (χ1n) is 5.81. The second kappa shape index (κ2) is 5.09. The number of hydrogen-bond donors (Lipinski definition) is 1. The highest BCUT2D eigenvalue weighted by Crippen LogP contribution is 2.37. The molecule has 1 aromatic carbocycles. The Hall–Kier alpha value is -0.380. The second-order valence-electron chi connectivity index (χ2n) is 4.94. The Morgan fingerprint density at radius 3 is 2.88 bits per heavy atom. The number of para-hydroxylation sites is 1. The van der Waals surface area contributed by atoms with Gasteiger partial charge in [-0.15, -0.1) is 0 Å². The summed E-state index contributed by atoms with van der Waals surface area (Å²) >= 11 is 8.27. The molecule has 1 fully saturated rings. The van der Waals surface area contributed by atoms with Crippen LogP contribution in [0.5, 0.6) is 0 Å². The van der Waals surface area contributed by atoms with Crippen molar-refractivity contribution in [3.05, 3.63) is 28.8 Å². The number of halogens is 1. The Bertz CT molecular complexity index is 408. The topological polar surface area (TPSA) is 23.5 Å². The molecule has 0 saturated carbocycles. The van der Waals surface area contributed by atoms with Crippen molar-refractivity contribution < 1.29 is 5.11 Å². The molecule has 0 bridgehead atoms. The van der Waals surface area contributed by atoms with Crippen LogP contribution in [0.25, 0.3) is 0 Å². The molecule has 2 nitrogen and oxygen atoms in total. The summed E-state index contributed by atoms with van der Waals surface area (Å²) in [6.07, 6.45) is 0. The molecule has 1 aliphatic heterocycles. The molecule has 2 rings (SSSR count). The summed E-state index contributed by atoms with van der Waals surface area (Å²) < 4.78 is 0.240. The number of rotatable bonds is 2. The highest BCUT2D eigenvalue weighted by atomic mass is 35.5. The van der Waals surface area contributed by atoms with Gasteiger partial charge < -0.3 is 10.0 Å². The van der Waals surface area contributed by atoms with Gasteiger partial charge in [0.25, 0.3) is 0 Å². The third kappa shape index (κ3) is 2.90. The fourth-order valence-corrected chi connectivity index (χ4v) is 3.67. The summed E-state index contributed by atoms with van der Waals surface area (Å²) in [5, 5.41) is 10.1. The Balaban J connectivity index is 2.33. The van der Waals surface area contributed by atoms with Crippen molar-refractivity contribution in [3.8, 4) is 0 Å². The first kappa shape index (κ1) is 13.1. The fourth-order valence-electron chi connectivity index (χ4n) is 2.25. The highest BCUT2D eigenvalue weighted by Gasteiger charge is 2.28. The lowest BCUT2D eigenvalue weighted by molar-refractivity contribution is 0.282. The third-order valence-electron chi connectivity index (χ3n) is 2.98. The van der Waals surface area contributed by atoms with E-state index in [0.717, 1.165) is 35.1 Å². The summed E-state index contributed by atoms with van der Waals surface area (Å²) in [4.78, 5) is 2.30. The van der Waals surface area contributed by atoms with E-state index in [0.29, 0.717) is 0 Å². The van der Waals surface area contributed by atoms with Crippen molar-refractivity contribution >= 4 is 29.1 Å². The van der Waals surface area contributed by atoms with E-state index in [1.807, 2.05) is 30.0 Å². The minimum absolute atomic E-state index is 0.0416. The molecule has 1 N–H and O–H groups in total. The average molecular weight is 272 g/mol. The number of benzene rings is 1. The molecule has 1 heterocycles. The summed E-state index contributed by atoms with van der Waals surface area (Å²) in [6.45, 7) is 6.50. The van der Waals surface area contributed by atoms with Crippen LogP contribution in [-0.4, -0.2) is 28.7 Å². The molecule has 94 valence electrons. The van der Waals surface area contributed by atoms with Crippen LogP contribution < -0.4 is 4.90 Å². The van der Waals surface area contributed by atoms with E-state index >= 15 is 0 Å². The monoisotopic (exact) mass is 271 g/mol. The van der Waals surface area contributed by atoms with Gasteiger partial charge in [0.2, 0.25) is 0 Å². The maximum atomic E-state index is 9.41. The number of aliphatic hydroxyl groups is 1. The normalized spacial score (nSPS) is 19.4. The molecule has 0 unspecified atom stereocenters. The summed E-state index contributed by atoms with van der Waals surface area (Å²) in [5.74, 6) is 1.10. The quantitative estimate of drug-likeness (QED) is 0.894. The van der Waals surface area contributed by atoms with E-state index in [9.17, 15) is 5.11 Å². The minimum atomic E-state index is 0.0416. The smallest absolute Gasteiger partial charge is 0.0702 e. The van der Waals surface area contributed by atoms with Crippen LogP contribution >= 0.6 is 23.4 Å². The molecule has 17 heavy (non-hydrogen) atoms. The van der Waals surface area contributed by atoms with Gasteiger partial charge in [0.15, 0.2) is 0 Å². The summed E-state index contributed by atoms with van der Waals surface area (Å²) in [7, 11) is 0. The van der Waals surface area contributed by atoms with Crippen LogP contribution in [0.4, 0.5) is 5.69 Å². The van der Waals surface area contributed by atoms with E-state index in [1.165, 1.54) is 0 Å². The predicted octanol–water partition coefficient (Wildman–Crippen LogP) is 3.16. The van der Waals surface area contributed by atoms with Gasteiger partial charge in [-0.25, -0.2) is 0 Å². The van der Waals surface area contributed by atoms with Gasteiger partial charge >= 0.3 is 0 Å². The first-order valence-corrected chi connectivity index (χ1v) is 7.17. The Labute approximate surface area is 112 Å². The van der Waals surface area contributed by atoms with E-state index < -0.39 is 0 Å². The van der Waals surface area contributed by atoms with Crippen LogP contribution in [0.15, 0.2) is 18.2 Å². The molecule has 0 radical (unpaired) electrons. The molecule has 0 amide bonds. The van der Waals surface area contributed by atoms with Crippen molar-refractivity contribution in [1.82, 2.24) is 0 Å². The minimum Gasteiger partial charge on any atom is -0.392 e. The van der Waals surface area contributed by atoms with Gasteiger partial charge in [-0.1, -0.05) is 23.7 Å². The van der Waals surface area contributed by atoms with Crippen LogP contribution in [0, 0.1) is 0 Å². The van der Waals surface area contributed by atoms with Gasteiger partial charge in [-0.2, -0.15) is 11.8 Å². The predicted molar refractivity (Wildman–Crippen MR) is 76.1 cm³/mol. The summed E-state index contributed by atoms with van der Waals surface area (Å²) in [6, 6.07) is 5.72. The molecule has 0 aromatic heterocycles. The lowest BCUT2D eigenvalue weighted by Crippen LogP contribution is -2.43. The van der Waals surface area contributed by atoms with Gasteiger partial charge in [0.1, 0.15) is 0 Å².